The second-order valence-corrected chi connectivity index (χ2v) is 8.67. The maximum Gasteiger partial charge on any atom is 0.273 e. The number of benzene rings is 2. The summed E-state index contributed by atoms with van der Waals surface area (Å²) < 4.78 is 17.8. The summed E-state index contributed by atoms with van der Waals surface area (Å²) in [7, 11) is 4.62. The largest absolute Gasteiger partial charge is 0.497 e. The first kappa shape index (κ1) is 25.7. The second-order valence-electron chi connectivity index (χ2n) is 7.64. The molecule has 1 amide bonds. The van der Waals surface area contributed by atoms with Crippen LogP contribution < -0.4 is 29.5 Å². The van der Waals surface area contributed by atoms with Gasteiger partial charge in [-0.2, -0.15) is 5.26 Å². The molecule has 3 aromatic rings. The zero-order valence-electron chi connectivity index (χ0n) is 20.3. The number of nitrogens with one attached hydrogen (secondary N) is 1. The number of carbonyl (C=O) groups is 1. The fraction of sp³-hybridized carbons (Fsp3) is 0.269. The molecule has 0 saturated heterocycles. The molecule has 1 heterocycles. The lowest BCUT2D eigenvalue weighted by Gasteiger charge is -2.11. The summed E-state index contributed by atoms with van der Waals surface area (Å²) in [5, 5.41) is 12.6. The van der Waals surface area contributed by atoms with E-state index in [1.54, 1.807) is 31.4 Å². The van der Waals surface area contributed by atoms with Crippen LogP contribution in [0.3, 0.4) is 0 Å². The van der Waals surface area contributed by atoms with Gasteiger partial charge in [-0.05, 0) is 43.2 Å². The molecule has 0 radical (unpaired) electrons. The second kappa shape index (κ2) is 11.5. The van der Waals surface area contributed by atoms with Gasteiger partial charge in [0.05, 0.1) is 31.0 Å². The molecule has 0 aliphatic heterocycles. The van der Waals surface area contributed by atoms with Crippen LogP contribution in [-0.2, 0) is 9.53 Å². The molecule has 2 aromatic carbocycles. The van der Waals surface area contributed by atoms with Gasteiger partial charge in [-0.15, -0.1) is 11.3 Å². The highest BCUT2D eigenvalue weighted by Crippen LogP contribution is 2.25. The molecule has 9 heteroatoms. The molecule has 0 aliphatic carbocycles. The minimum atomic E-state index is -0.570. The summed E-state index contributed by atoms with van der Waals surface area (Å²) >= 11 is 1.08. The van der Waals surface area contributed by atoms with Crippen molar-refractivity contribution in [1.29, 1.82) is 5.26 Å². The van der Waals surface area contributed by atoms with Crippen molar-refractivity contribution < 1.29 is 19.0 Å². The number of nitrogens with zero attached hydrogens (tertiary/aromatic N) is 2. The maximum atomic E-state index is 13.7. The van der Waals surface area contributed by atoms with Crippen LogP contribution in [-0.4, -0.2) is 45.0 Å². The van der Waals surface area contributed by atoms with Gasteiger partial charge in [0.15, 0.2) is 5.57 Å². The van der Waals surface area contributed by atoms with Crippen LogP contribution in [0.4, 0.5) is 0 Å². The average molecular weight is 494 g/mol. The fourth-order valence-corrected chi connectivity index (χ4v) is 4.72. The number of amides is 1. The van der Waals surface area contributed by atoms with Crippen LogP contribution in [0.25, 0.3) is 17.3 Å². The van der Waals surface area contributed by atoms with E-state index >= 15 is 0 Å². The Morgan fingerprint density at radius 1 is 1.14 bits per heavy atom. The van der Waals surface area contributed by atoms with E-state index in [9.17, 15) is 14.9 Å². The summed E-state index contributed by atoms with van der Waals surface area (Å²) in [4.78, 5) is 26.6. The summed E-state index contributed by atoms with van der Waals surface area (Å²) in [6.07, 6.45) is 1.69. The number of hydrogen-bond acceptors (Lipinski definition) is 7. The Labute approximate surface area is 207 Å². The molecule has 35 heavy (non-hydrogen) atoms. The molecule has 0 aliphatic rings. The van der Waals surface area contributed by atoms with Crippen molar-refractivity contribution in [2.45, 2.75) is 13.8 Å². The molecule has 0 fully saturated rings. The van der Waals surface area contributed by atoms with Gasteiger partial charge in [0.25, 0.3) is 11.5 Å². The van der Waals surface area contributed by atoms with Crippen molar-refractivity contribution >= 4 is 28.9 Å². The first-order valence-electron chi connectivity index (χ1n) is 10.8. The Morgan fingerprint density at radius 3 is 2.46 bits per heavy atom. The quantitative estimate of drug-likeness (QED) is 0.480. The molecule has 1 N–H and O–H groups in total. The number of ether oxygens (including phenoxy) is 3. The van der Waals surface area contributed by atoms with E-state index in [1.807, 2.05) is 38.1 Å². The van der Waals surface area contributed by atoms with Crippen LogP contribution in [0, 0.1) is 25.2 Å². The van der Waals surface area contributed by atoms with Gasteiger partial charge in [0.1, 0.15) is 22.2 Å². The van der Waals surface area contributed by atoms with Gasteiger partial charge in [-0.25, -0.2) is 0 Å². The zero-order chi connectivity index (χ0) is 25.5. The van der Waals surface area contributed by atoms with Gasteiger partial charge >= 0.3 is 0 Å². The maximum absolute atomic E-state index is 13.7. The smallest absolute Gasteiger partial charge is 0.273 e. The lowest BCUT2D eigenvalue weighted by atomic mass is 10.1. The molecule has 0 saturated carbocycles. The summed E-state index contributed by atoms with van der Waals surface area (Å²) in [5.41, 5.74) is 2.51. The number of hydrogen-bond donors (Lipinski definition) is 1. The van der Waals surface area contributed by atoms with Gasteiger partial charge in [-0.3, -0.25) is 14.2 Å². The van der Waals surface area contributed by atoms with Crippen molar-refractivity contribution in [1.82, 2.24) is 9.88 Å². The predicted molar refractivity (Wildman–Crippen MR) is 136 cm³/mol. The highest BCUT2D eigenvalue weighted by atomic mass is 32.1. The third-order valence-corrected chi connectivity index (χ3v) is 6.45. The molecular formula is C26H27N3O5S. The minimum absolute atomic E-state index is 0.146. The molecule has 182 valence electrons. The Morgan fingerprint density at radius 2 is 1.86 bits per heavy atom. The van der Waals surface area contributed by atoms with E-state index in [2.05, 4.69) is 5.32 Å². The van der Waals surface area contributed by atoms with Crippen LogP contribution >= 0.6 is 11.3 Å². The average Bonchev–Trinajstić information content (AvgIpc) is 3.15. The topological polar surface area (TPSA) is 103 Å². The summed E-state index contributed by atoms with van der Waals surface area (Å²) in [5.74, 6) is 0.574. The monoisotopic (exact) mass is 493 g/mol. The van der Waals surface area contributed by atoms with Gasteiger partial charge in [0, 0.05) is 25.3 Å². The van der Waals surface area contributed by atoms with Crippen molar-refractivity contribution in [3.63, 3.8) is 0 Å². The summed E-state index contributed by atoms with van der Waals surface area (Å²) in [6, 6.07) is 12.9. The van der Waals surface area contributed by atoms with Crippen LogP contribution in [0.15, 0.2) is 41.2 Å². The first-order valence-corrected chi connectivity index (χ1v) is 11.6. The Balaban J connectivity index is 2.38. The van der Waals surface area contributed by atoms with Gasteiger partial charge in [-0.1, -0.05) is 18.2 Å². The highest BCUT2D eigenvalue weighted by Gasteiger charge is 2.19. The standard InChI is InChI=1S/C26H27N3O5S/c1-16-7-6-8-17(2)23(16)29-25(31)22(13-18-9-10-19(33-4)14-21(18)34-5)35-26(29)20(15-27)24(30)28-11-12-32-3/h6-10,13-14H,11-12H2,1-5H3,(H,28,30)/b22-13-,26-20-. The van der Waals surface area contributed by atoms with E-state index in [1.165, 1.54) is 18.8 Å². The Bertz CT molecular complexity index is 1440. The van der Waals surface area contributed by atoms with Crippen molar-refractivity contribution in [3.8, 4) is 23.3 Å². The number of thiazole rings is 1. The van der Waals surface area contributed by atoms with E-state index in [0.29, 0.717) is 33.9 Å². The predicted octanol–water partition coefficient (Wildman–Crippen LogP) is 1.80. The van der Waals surface area contributed by atoms with E-state index in [0.717, 1.165) is 22.5 Å². The van der Waals surface area contributed by atoms with Crippen LogP contribution in [0.2, 0.25) is 0 Å². The minimum Gasteiger partial charge on any atom is -0.497 e. The molecular weight excluding hydrogens is 466 g/mol. The molecule has 0 unspecified atom stereocenters. The lowest BCUT2D eigenvalue weighted by Crippen LogP contribution is -2.35. The van der Waals surface area contributed by atoms with Crippen LogP contribution in [0.5, 0.6) is 11.5 Å². The number of aryl methyl sites for hydroxylation is 2. The third kappa shape index (κ3) is 5.45. The first-order chi connectivity index (χ1) is 16.9. The third-order valence-electron chi connectivity index (χ3n) is 5.36. The number of para-hydroxylation sites is 1. The van der Waals surface area contributed by atoms with Crippen molar-refractivity contribution in [2.24, 2.45) is 0 Å². The molecule has 0 bridgehead atoms. The molecule has 3 rings (SSSR count). The molecule has 0 atom stereocenters. The molecule has 8 nitrogen and oxygen atoms in total. The fourth-order valence-electron chi connectivity index (χ4n) is 3.64. The highest BCUT2D eigenvalue weighted by molar-refractivity contribution is 7.07. The number of nitriles is 1. The zero-order valence-corrected chi connectivity index (χ0v) is 21.1. The Hall–Kier alpha value is -3.87. The van der Waals surface area contributed by atoms with E-state index < -0.39 is 5.91 Å². The SMILES string of the molecule is COCCNC(=O)/C(C#N)=c1\s/c(=C\c2ccc(OC)cc2OC)c(=O)n1-c1c(C)cccc1C. The number of aromatic nitrogens is 1. The lowest BCUT2D eigenvalue weighted by molar-refractivity contribution is -0.115. The van der Waals surface area contributed by atoms with Crippen molar-refractivity contribution in [2.75, 3.05) is 34.5 Å². The number of methoxy groups -OCH3 is 3. The molecule has 1 aromatic heterocycles. The number of carbonyl (C=O) groups excluding carboxylic acids is 1. The van der Waals surface area contributed by atoms with E-state index in [4.69, 9.17) is 14.2 Å². The number of rotatable bonds is 8. The normalized spacial score (nSPS) is 12.2. The van der Waals surface area contributed by atoms with Crippen molar-refractivity contribution in [3.05, 3.63) is 72.6 Å². The van der Waals surface area contributed by atoms with Gasteiger partial charge < -0.3 is 19.5 Å². The Kier molecular flexibility index (Phi) is 8.47. The van der Waals surface area contributed by atoms with Gasteiger partial charge in [0.2, 0.25) is 0 Å². The molecule has 0 spiro atoms. The summed E-state index contributed by atoms with van der Waals surface area (Å²) in [6.45, 7) is 4.31. The van der Waals surface area contributed by atoms with Crippen LogP contribution in [0.1, 0.15) is 16.7 Å². The van der Waals surface area contributed by atoms with E-state index in [-0.39, 0.29) is 22.3 Å².